The van der Waals surface area contributed by atoms with Crippen LogP contribution in [-0.4, -0.2) is 74.8 Å². The molecule has 0 saturated heterocycles. The molecule has 0 unspecified atom stereocenters. The zero-order valence-corrected chi connectivity index (χ0v) is 29.5. The molecule has 0 aromatic rings. The van der Waals surface area contributed by atoms with Gasteiger partial charge in [-0.05, 0) is 31.6 Å². The van der Waals surface area contributed by atoms with E-state index in [2.05, 4.69) is 17.6 Å². The average Bonchev–Trinajstić information content (AvgIpc) is 2.92. The lowest BCUT2D eigenvalue weighted by molar-refractivity contribution is -0.890. The molecule has 0 spiro atoms. The molecule has 2 N–H and O–H groups in total. The molecule has 2 amide bonds. The van der Waals surface area contributed by atoms with E-state index in [1.54, 1.807) is 0 Å². The summed E-state index contributed by atoms with van der Waals surface area (Å²) in [5.74, 6) is -0.487. The maximum Gasteiger partial charge on any atom is 0.242 e. The van der Waals surface area contributed by atoms with Gasteiger partial charge in [0.2, 0.25) is 11.8 Å². The van der Waals surface area contributed by atoms with Crippen LogP contribution in [0.3, 0.4) is 0 Å². The van der Waals surface area contributed by atoms with Gasteiger partial charge in [-0.15, -0.1) is 0 Å². The zero-order chi connectivity index (χ0) is 32.4. The highest BCUT2D eigenvalue weighted by Gasteiger charge is 2.23. The molecule has 256 valence electrons. The molecule has 0 aliphatic rings. The second-order valence-corrected chi connectivity index (χ2v) is 15.2. The van der Waals surface area contributed by atoms with E-state index in [0.717, 1.165) is 38.6 Å². The third-order valence-electron chi connectivity index (χ3n) is 8.42. The Morgan fingerprint density at radius 2 is 1.12 bits per heavy atom. The number of rotatable bonds is 30. The molecule has 0 aliphatic heterocycles. The Bertz CT molecular complexity index is 802. The van der Waals surface area contributed by atoms with E-state index in [0.29, 0.717) is 30.4 Å². The van der Waals surface area contributed by atoms with Crippen molar-refractivity contribution in [2.24, 2.45) is 5.92 Å². The Morgan fingerprint density at radius 1 is 0.674 bits per heavy atom. The van der Waals surface area contributed by atoms with Crippen LogP contribution in [0.1, 0.15) is 156 Å². The minimum atomic E-state index is -4.16. The summed E-state index contributed by atoms with van der Waals surface area (Å²) in [6.45, 7) is 8.33. The lowest BCUT2D eigenvalue weighted by Crippen LogP contribution is -2.49. The van der Waals surface area contributed by atoms with Gasteiger partial charge in [0.05, 0.1) is 37.3 Å². The van der Waals surface area contributed by atoms with Gasteiger partial charge in [-0.2, -0.15) is 0 Å². The summed E-state index contributed by atoms with van der Waals surface area (Å²) in [5.41, 5.74) is 0. The van der Waals surface area contributed by atoms with Crippen molar-refractivity contribution in [2.45, 2.75) is 162 Å². The molecule has 0 radical (unpaired) electrons. The second kappa shape index (κ2) is 26.1. The first-order valence-electron chi connectivity index (χ1n) is 17.7. The summed E-state index contributed by atoms with van der Waals surface area (Å²) in [5, 5.41) is 5.96. The van der Waals surface area contributed by atoms with Crippen molar-refractivity contribution in [2.75, 3.05) is 39.5 Å². The minimum Gasteiger partial charge on any atom is -0.748 e. The third-order valence-corrected chi connectivity index (χ3v) is 9.21. The molecule has 9 heteroatoms. The minimum absolute atomic E-state index is 0.0192. The number of nitrogens with one attached hydrogen (secondary N) is 2. The maximum atomic E-state index is 12.7. The lowest BCUT2D eigenvalue weighted by Gasteiger charge is -2.30. The van der Waals surface area contributed by atoms with Gasteiger partial charge >= 0.3 is 0 Å². The molecule has 0 fully saturated rings. The van der Waals surface area contributed by atoms with Crippen molar-refractivity contribution in [3.63, 3.8) is 0 Å². The number of hydrogen-bond donors (Lipinski definition) is 2. The molecule has 0 aromatic carbocycles. The third kappa shape index (κ3) is 28.1. The Hall–Kier alpha value is -1.19. The highest BCUT2D eigenvalue weighted by molar-refractivity contribution is 7.85. The average molecular weight is 632 g/mol. The summed E-state index contributed by atoms with van der Waals surface area (Å²) in [4.78, 5) is 25.2. The molecule has 0 saturated carbocycles. The van der Waals surface area contributed by atoms with Gasteiger partial charge in [-0.1, -0.05) is 117 Å². The van der Waals surface area contributed by atoms with E-state index in [4.69, 9.17) is 0 Å². The van der Waals surface area contributed by atoms with Crippen molar-refractivity contribution in [3.8, 4) is 0 Å². The van der Waals surface area contributed by atoms with E-state index < -0.39 is 16.2 Å². The van der Waals surface area contributed by atoms with Gasteiger partial charge < -0.3 is 19.7 Å². The molecule has 0 rings (SSSR count). The predicted molar refractivity (Wildman–Crippen MR) is 179 cm³/mol. The van der Waals surface area contributed by atoms with Crippen LogP contribution >= 0.6 is 0 Å². The Kier molecular flexibility index (Phi) is 25.3. The summed E-state index contributed by atoms with van der Waals surface area (Å²) < 4.78 is 33.0. The van der Waals surface area contributed by atoms with E-state index in [1.165, 1.54) is 89.9 Å². The normalized spacial score (nSPS) is 12.9. The molecule has 1 atom stereocenters. The fourth-order valence-corrected chi connectivity index (χ4v) is 6.04. The quantitative estimate of drug-likeness (QED) is 0.0500. The van der Waals surface area contributed by atoms with Crippen molar-refractivity contribution in [1.29, 1.82) is 0 Å². The number of amides is 2. The Morgan fingerprint density at radius 3 is 1.58 bits per heavy atom. The van der Waals surface area contributed by atoms with Crippen LogP contribution in [0.2, 0.25) is 0 Å². The van der Waals surface area contributed by atoms with Crippen molar-refractivity contribution in [3.05, 3.63) is 0 Å². The fraction of sp³-hybridized carbons (Fsp3) is 0.941. The van der Waals surface area contributed by atoms with Crippen LogP contribution in [0.15, 0.2) is 0 Å². The molecule has 8 nitrogen and oxygen atoms in total. The Labute approximate surface area is 266 Å². The summed E-state index contributed by atoms with van der Waals surface area (Å²) in [7, 11) is -0.111. The first kappa shape index (κ1) is 41.8. The van der Waals surface area contributed by atoms with E-state index in [9.17, 15) is 22.6 Å². The first-order chi connectivity index (χ1) is 20.4. The number of hydrogen-bond acceptors (Lipinski definition) is 5. The summed E-state index contributed by atoms with van der Waals surface area (Å²) in [6.07, 6.45) is 24.5. The van der Waals surface area contributed by atoms with Crippen molar-refractivity contribution >= 4 is 21.9 Å². The molecule has 0 bridgehead atoms. The molecular weight excluding hydrogens is 562 g/mol. The maximum absolute atomic E-state index is 12.7. The number of carbonyl (C=O) groups is 2. The number of nitrogens with zero attached hydrogens (tertiary/aromatic N) is 1. The van der Waals surface area contributed by atoms with Gasteiger partial charge in [0.15, 0.2) is 0 Å². The predicted octanol–water partition coefficient (Wildman–Crippen LogP) is 7.08. The number of unbranched alkanes of at least 4 members (excludes halogenated alkanes) is 17. The van der Waals surface area contributed by atoms with Crippen molar-refractivity contribution < 1.29 is 27.0 Å². The number of carbonyl (C=O) groups excluding carboxylic acids is 2. The smallest absolute Gasteiger partial charge is 0.242 e. The van der Waals surface area contributed by atoms with Gasteiger partial charge in [-0.3, -0.25) is 9.59 Å². The van der Waals surface area contributed by atoms with Crippen LogP contribution in [0.25, 0.3) is 0 Å². The van der Waals surface area contributed by atoms with E-state index >= 15 is 0 Å². The van der Waals surface area contributed by atoms with E-state index in [1.807, 2.05) is 27.9 Å². The molecule has 43 heavy (non-hydrogen) atoms. The summed E-state index contributed by atoms with van der Waals surface area (Å²) in [6, 6.07) is -0.513. The topological polar surface area (TPSA) is 115 Å². The van der Waals surface area contributed by atoms with E-state index in [-0.39, 0.29) is 23.5 Å². The molecule has 0 heterocycles. The van der Waals surface area contributed by atoms with Crippen LogP contribution in [-0.2, 0) is 19.7 Å². The number of quaternary nitrogens is 1. The van der Waals surface area contributed by atoms with Gasteiger partial charge in [0.1, 0.15) is 6.04 Å². The highest BCUT2D eigenvalue weighted by Crippen LogP contribution is 2.14. The van der Waals surface area contributed by atoms with Crippen LogP contribution in [0.5, 0.6) is 0 Å². The second-order valence-electron chi connectivity index (χ2n) is 13.7. The zero-order valence-electron chi connectivity index (χ0n) is 28.7. The summed E-state index contributed by atoms with van der Waals surface area (Å²) >= 11 is 0. The molecule has 0 aromatic heterocycles. The first-order valence-corrected chi connectivity index (χ1v) is 19.3. The molecule has 0 aliphatic carbocycles. The van der Waals surface area contributed by atoms with Crippen LogP contribution in [0.4, 0.5) is 0 Å². The van der Waals surface area contributed by atoms with Gasteiger partial charge in [0.25, 0.3) is 0 Å². The largest absolute Gasteiger partial charge is 0.748 e. The van der Waals surface area contributed by atoms with Crippen molar-refractivity contribution in [1.82, 2.24) is 10.6 Å². The van der Waals surface area contributed by atoms with Gasteiger partial charge in [0, 0.05) is 25.1 Å². The van der Waals surface area contributed by atoms with Crippen LogP contribution < -0.4 is 10.6 Å². The monoisotopic (exact) mass is 631 g/mol. The molecular formula is C34H69N3O5S. The highest BCUT2D eigenvalue weighted by atomic mass is 32.2. The lowest BCUT2D eigenvalue weighted by atomic mass is 10.0. The standard InChI is InChI=1S/C34H69N3O5S/c1-6-7-8-9-10-11-12-13-14-15-16-17-18-19-20-23-27-35-34(39)33(31(2)3)36-32(38)26-22-21-24-28-37(4,5)29-25-30-43(40,41)42/h31,33H,6-30H2,1-5H3,(H2-,35,36,38,39,40,41,42)/t33-/m0/s1. The Balaban J connectivity index is 3.84. The van der Waals surface area contributed by atoms with Gasteiger partial charge in [-0.25, -0.2) is 8.42 Å². The SMILES string of the molecule is CCCCCCCCCCCCCCCCCCNC(=O)[C@@H](NC(=O)CCCCC[N+](C)(C)CCCS(=O)(=O)[O-])C(C)C. The fourth-order valence-electron chi connectivity index (χ4n) is 5.56. The van der Waals surface area contributed by atoms with Crippen LogP contribution in [0, 0.1) is 5.92 Å².